The van der Waals surface area contributed by atoms with E-state index in [0.29, 0.717) is 5.56 Å². The Morgan fingerprint density at radius 3 is 2.24 bits per heavy atom. The minimum atomic E-state index is -0.731. The molecule has 0 atom stereocenters. The summed E-state index contributed by atoms with van der Waals surface area (Å²) in [7, 11) is 2.89. The van der Waals surface area contributed by atoms with E-state index in [1.54, 1.807) is 7.11 Å². The van der Waals surface area contributed by atoms with E-state index in [0.717, 1.165) is 18.2 Å². The molecule has 29 heavy (non-hydrogen) atoms. The van der Waals surface area contributed by atoms with Crippen molar-refractivity contribution < 1.29 is 22.6 Å². The summed E-state index contributed by atoms with van der Waals surface area (Å²) in [6.07, 6.45) is 1.25. The van der Waals surface area contributed by atoms with Crippen LogP contribution in [0.5, 0.6) is 0 Å². The highest BCUT2D eigenvalue weighted by Gasteiger charge is 2.38. The van der Waals surface area contributed by atoms with E-state index in [1.165, 1.54) is 25.8 Å². The van der Waals surface area contributed by atoms with Crippen molar-refractivity contribution in [3.05, 3.63) is 58.9 Å². The van der Waals surface area contributed by atoms with Crippen LogP contribution in [0.15, 0.2) is 35.3 Å². The SMILES string of the molecule is COC(C)(C)C(C)(C)O[B]c1ccc(N)c(C=NCc2cc(F)cc(F)c2)c1F. The van der Waals surface area contributed by atoms with Crippen molar-refractivity contribution >= 4 is 24.8 Å². The first-order chi connectivity index (χ1) is 13.5. The molecule has 2 aromatic carbocycles. The van der Waals surface area contributed by atoms with E-state index in [2.05, 4.69) is 4.99 Å². The molecular weight excluding hydrogens is 380 g/mol. The van der Waals surface area contributed by atoms with Gasteiger partial charge < -0.3 is 15.1 Å². The third-order valence-electron chi connectivity index (χ3n) is 5.10. The van der Waals surface area contributed by atoms with Crippen molar-refractivity contribution in [1.29, 1.82) is 0 Å². The van der Waals surface area contributed by atoms with Gasteiger partial charge >= 0.3 is 7.48 Å². The fourth-order valence-corrected chi connectivity index (χ4v) is 2.39. The quantitative estimate of drug-likeness (QED) is 0.413. The topological polar surface area (TPSA) is 56.8 Å². The van der Waals surface area contributed by atoms with Crippen LogP contribution < -0.4 is 11.2 Å². The van der Waals surface area contributed by atoms with Gasteiger partial charge in [-0.1, -0.05) is 6.07 Å². The summed E-state index contributed by atoms with van der Waals surface area (Å²) in [6, 6.07) is 6.14. The van der Waals surface area contributed by atoms with Crippen LogP contribution in [0.2, 0.25) is 0 Å². The first-order valence-electron chi connectivity index (χ1n) is 9.06. The number of rotatable bonds is 8. The summed E-state index contributed by atoms with van der Waals surface area (Å²) in [5.41, 5.74) is 5.30. The molecule has 155 valence electrons. The molecule has 0 amide bonds. The van der Waals surface area contributed by atoms with Gasteiger partial charge in [0.05, 0.1) is 23.3 Å². The molecule has 8 heteroatoms. The van der Waals surface area contributed by atoms with Gasteiger partial charge in [-0.2, -0.15) is 0 Å². The maximum atomic E-state index is 14.9. The number of nitrogen functional groups attached to an aromatic ring is 1. The van der Waals surface area contributed by atoms with Gasteiger partial charge in [-0.3, -0.25) is 4.99 Å². The molecular formula is C21H25BF3N2O2. The number of ether oxygens (including phenoxy) is 1. The van der Waals surface area contributed by atoms with E-state index in [4.69, 9.17) is 15.1 Å². The maximum absolute atomic E-state index is 14.9. The summed E-state index contributed by atoms with van der Waals surface area (Å²) < 4.78 is 52.6. The van der Waals surface area contributed by atoms with Crippen LogP contribution >= 0.6 is 0 Å². The lowest BCUT2D eigenvalue weighted by atomic mass is 9.81. The molecule has 2 aromatic rings. The molecule has 0 spiro atoms. The molecule has 0 aliphatic carbocycles. The molecule has 2 rings (SSSR count). The molecule has 0 saturated heterocycles. The summed E-state index contributed by atoms with van der Waals surface area (Å²) >= 11 is 0. The van der Waals surface area contributed by atoms with Gasteiger partial charge in [0.1, 0.15) is 17.5 Å². The standard InChI is InChI=1S/C21H25BF3N2O2/c1-20(2,28-5)21(3,4)29-22-17-6-7-18(26)16(19(17)25)12-27-11-13-8-14(23)10-15(24)9-13/h6-10,12H,11,26H2,1-5H3. The fourth-order valence-electron chi connectivity index (χ4n) is 2.39. The molecule has 4 nitrogen and oxygen atoms in total. The molecule has 1 radical (unpaired) electrons. The number of aliphatic imine (C=N–C) groups is 1. The lowest BCUT2D eigenvalue weighted by molar-refractivity contribution is -0.114. The second kappa shape index (κ2) is 9.01. The van der Waals surface area contributed by atoms with Gasteiger partial charge in [0.15, 0.2) is 0 Å². The molecule has 0 aliphatic rings. The van der Waals surface area contributed by atoms with Crippen molar-refractivity contribution in [2.75, 3.05) is 12.8 Å². The molecule has 0 aliphatic heterocycles. The third kappa shape index (κ3) is 5.61. The van der Waals surface area contributed by atoms with Crippen LogP contribution in [-0.4, -0.2) is 32.0 Å². The summed E-state index contributed by atoms with van der Waals surface area (Å²) in [4.78, 5) is 4.07. The largest absolute Gasteiger partial charge is 0.427 e. The predicted octanol–water partition coefficient (Wildman–Crippen LogP) is 3.77. The number of anilines is 1. The zero-order chi connectivity index (χ0) is 21.8. The van der Waals surface area contributed by atoms with Gasteiger partial charge in [0.25, 0.3) is 0 Å². The van der Waals surface area contributed by atoms with Gasteiger partial charge in [0, 0.05) is 25.1 Å². The Morgan fingerprint density at radius 1 is 1.03 bits per heavy atom. The van der Waals surface area contributed by atoms with E-state index in [1.807, 2.05) is 27.7 Å². The molecule has 0 bridgehead atoms. The molecule has 0 heterocycles. The Kier molecular flexibility index (Phi) is 7.13. The highest BCUT2D eigenvalue weighted by molar-refractivity contribution is 6.47. The van der Waals surface area contributed by atoms with Gasteiger partial charge in [-0.05, 0) is 56.9 Å². The summed E-state index contributed by atoms with van der Waals surface area (Å²) in [6.45, 7) is 7.39. The summed E-state index contributed by atoms with van der Waals surface area (Å²) in [5.74, 6) is -2.00. The number of hydrogen-bond donors (Lipinski definition) is 1. The van der Waals surface area contributed by atoms with Crippen LogP contribution in [0.25, 0.3) is 0 Å². The number of halogens is 3. The highest BCUT2D eigenvalue weighted by atomic mass is 19.1. The van der Waals surface area contributed by atoms with Crippen LogP contribution in [0.4, 0.5) is 18.9 Å². The zero-order valence-corrected chi connectivity index (χ0v) is 17.2. The Labute approximate surface area is 170 Å². The maximum Gasteiger partial charge on any atom is 0.333 e. The molecule has 0 fully saturated rings. The summed E-state index contributed by atoms with van der Waals surface area (Å²) in [5, 5.41) is 0. The van der Waals surface area contributed by atoms with Crippen LogP contribution in [0.1, 0.15) is 38.8 Å². The van der Waals surface area contributed by atoms with Gasteiger partial charge in [-0.15, -0.1) is 0 Å². The Hall–Kier alpha value is -2.32. The van der Waals surface area contributed by atoms with Crippen molar-refractivity contribution in [1.82, 2.24) is 0 Å². The Balaban J connectivity index is 2.18. The van der Waals surface area contributed by atoms with Crippen LogP contribution in [0, 0.1) is 17.5 Å². The first-order valence-corrected chi connectivity index (χ1v) is 9.06. The number of benzene rings is 2. The number of hydrogen-bond acceptors (Lipinski definition) is 4. The van der Waals surface area contributed by atoms with E-state index >= 15 is 0 Å². The zero-order valence-electron chi connectivity index (χ0n) is 17.2. The fraction of sp³-hybridized carbons (Fsp3) is 0.381. The number of methoxy groups -OCH3 is 1. The molecule has 0 aromatic heterocycles. The number of nitrogens with two attached hydrogens (primary N) is 1. The first kappa shape index (κ1) is 23.0. The lowest BCUT2D eigenvalue weighted by Gasteiger charge is -2.40. The minimum Gasteiger partial charge on any atom is -0.427 e. The molecule has 0 saturated carbocycles. The van der Waals surface area contributed by atoms with E-state index in [-0.39, 0.29) is 23.3 Å². The molecule has 2 N–H and O–H groups in total. The second-order valence-electron chi connectivity index (χ2n) is 7.68. The lowest BCUT2D eigenvalue weighted by Crippen LogP contribution is -2.50. The van der Waals surface area contributed by atoms with Crippen molar-refractivity contribution in [2.45, 2.75) is 45.4 Å². The van der Waals surface area contributed by atoms with Crippen molar-refractivity contribution in [3.8, 4) is 0 Å². The molecule has 0 unspecified atom stereocenters. The monoisotopic (exact) mass is 405 g/mol. The van der Waals surface area contributed by atoms with Gasteiger partial charge in [-0.25, -0.2) is 13.2 Å². The third-order valence-corrected chi connectivity index (χ3v) is 5.10. The highest BCUT2D eigenvalue weighted by Crippen LogP contribution is 2.28. The number of nitrogens with zero attached hydrogens (tertiary/aromatic N) is 1. The van der Waals surface area contributed by atoms with Crippen molar-refractivity contribution in [3.63, 3.8) is 0 Å². The smallest absolute Gasteiger partial charge is 0.333 e. The Bertz CT molecular complexity index is 881. The normalized spacial score (nSPS) is 12.6. The van der Waals surface area contributed by atoms with Gasteiger partial charge in [0.2, 0.25) is 0 Å². The Morgan fingerprint density at radius 2 is 1.66 bits per heavy atom. The van der Waals surface area contributed by atoms with Crippen LogP contribution in [0.3, 0.4) is 0 Å². The van der Waals surface area contributed by atoms with Crippen LogP contribution in [-0.2, 0) is 15.9 Å². The average Bonchev–Trinajstić information content (AvgIpc) is 2.62. The minimum absolute atomic E-state index is 0.0208. The second-order valence-corrected chi connectivity index (χ2v) is 7.68. The van der Waals surface area contributed by atoms with E-state index < -0.39 is 28.7 Å². The average molecular weight is 405 g/mol. The van der Waals surface area contributed by atoms with Crippen molar-refractivity contribution in [2.24, 2.45) is 4.99 Å². The predicted molar refractivity (Wildman–Crippen MR) is 110 cm³/mol. The van der Waals surface area contributed by atoms with E-state index in [9.17, 15) is 13.2 Å².